The molecule has 3 rings (SSSR count). The Labute approximate surface area is 135 Å². The van der Waals surface area contributed by atoms with Gasteiger partial charge in [0.15, 0.2) is 16.7 Å². The number of anilines is 1. The minimum absolute atomic E-state index is 0.0651. The monoisotopic (exact) mass is 331 g/mol. The molecule has 0 atom stereocenters. The zero-order valence-corrected chi connectivity index (χ0v) is 12.3. The molecule has 7 nitrogen and oxygen atoms in total. The van der Waals surface area contributed by atoms with Gasteiger partial charge < -0.3 is 14.8 Å². The number of nitrogens with one attached hydrogen (secondary N) is 1. The Balaban J connectivity index is 1.82. The average molecular weight is 332 g/mol. The summed E-state index contributed by atoms with van der Waals surface area (Å²) in [7, 11) is 0. The molecule has 0 spiro atoms. The molecule has 0 unspecified atom stereocenters. The fraction of sp³-hybridized carbons (Fsp3) is 0. The first-order chi connectivity index (χ1) is 11.0. The zero-order valence-electron chi connectivity index (χ0n) is 11.6. The highest BCUT2D eigenvalue weighted by Crippen LogP contribution is 2.18. The van der Waals surface area contributed by atoms with E-state index in [4.69, 9.17) is 21.1 Å². The summed E-state index contributed by atoms with van der Waals surface area (Å²) in [5, 5.41) is 15.6. The molecule has 1 aromatic carbocycles. The molecule has 0 saturated heterocycles. The number of carbonyl (C=O) groups is 2. The van der Waals surface area contributed by atoms with Gasteiger partial charge in [0, 0.05) is 11.9 Å². The quantitative estimate of drug-likeness (QED) is 0.765. The van der Waals surface area contributed by atoms with Crippen LogP contribution in [0, 0.1) is 0 Å². The van der Waals surface area contributed by atoms with Crippen molar-refractivity contribution in [3.63, 3.8) is 0 Å². The molecule has 0 aliphatic rings. The highest BCUT2D eigenvalue weighted by Gasteiger charge is 2.12. The lowest BCUT2D eigenvalue weighted by atomic mass is 10.2. The molecule has 8 heteroatoms. The zero-order chi connectivity index (χ0) is 16.4. The molecule has 3 aromatic rings. The van der Waals surface area contributed by atoms with Crippen molar-refractivity contribution in [3.8, 4) is 5.69 Å². The van der Waals surface area contributed by atoms with Gasteiger partial charge in [0.05, 0.1) is 5.69 Å². The number of carbonyl (C=O) groups excluding carboxylic acids is 1. The summed E-state index contributed by atoms with van der Waals surface area (Å²) >= 11 is 5.63. The van der Waals surface area contributed by atoms with E-state index in [9.17, 15) is 9.59 Å². The Morgan fingerprint density at radius 2 is 2.04 bits per heavy atom. The predicted molar refractivity (Wildman–Crippen MR) is 82.2 cm³/mol. The van der Waals surface area contributed by atoms with Crippen LogP contribution in [0.3, 0.4) is 0 Å². The van der Waals surface area contributed by atoms with Gasteiger partial charge in [-0.2, -0.15) is 5.10 Å². The highest BCUT2D eigenvalue weighted by molar-refractivity contribution is 6.29. The van der Waals surface area contributed by atoms with Crippen molar-refractivity contribution in [1.29, 1.82) is 0 Å². The molecular formula is C15H10ClN3O4. The minimum Gasteiger partial charge on any atom is -0.476 e. The van der Waals surface area contributed by atoms with Crippen LogP contribution >= 0.6 is 11.6 Å². The maximum Gasteiger partial charge on any atom is 0.356 e. The van der Waals surface area contributed by atoms with Crippen molar-refractivity contribution < 1.29 is 19.1 Å². The van der Waals surface area contributed by atoms with Crippen LogP contribution < -0.4 is 5.32 Å². The maximum atomic E-state index is 12.0. The first kappa shape index (κ1) is 14.9. The van der Waals surface area contributed by atoms with E-state index >= 15 is 0 Å². The van der Waals surface area contributed by atoms with E-state index in [1.165, 1.54) is 29.1 Å². The van der Waals surface area contributed by atoms with Crippen LogP contribution in [0.25, 0.3) is 5.69 Å². The number of aromatic carboxylic acids is 1. The van der Waals surface area contributed by atoms with Crippen LogP contribution in [0.15, 0.2) is 53.1 Å². The molecule has 23 heavy (non-hydrogen) atoms. The summed E-state index contributed by atoms with van der Waals surface area (Å²) in [6, 6.07) is 11.1. The van der Waals surface area contributed by atoms with Gasteiger partial charge in [-0.25, -0.2) is 9.48 Å². The number of carboxylic acids is 1. The largest absolute Gasteiger partial charge is 0.476 e. The van der Waals surface area contributed by atoms with Crippen LogP contribution in [-0.2, 0) is 0 Å². The van der Waals surface area contributed by atoms with Gasteiger partial charge in [-0.3, -0.25) is 4.79 Å². The molecule has 0 fully saturated rings. The number of benzene rings is 1. The Hall–Kier alpha value is -3.06. The Kier molecular flexibility index (Phi) is 3.86. The van der Waals surface area contributed by atoms with Gasteiger partial charge >= 0.3 is 5.97 Å². The van der Waals surface area contributed by atoms with E-state index in [0.717, 1.165) is 0 Å². The predicted octanol–water partition coefficient (Wildman–Crippen LogP) is 3.07. The van der Waals surface area contributed by atoms with Crippen molar-refractivity contribution in [2.45, 2.75) is 0 Å². The summed E-state index contributed by atoms with van der Waals surface area (Å²) in [6.45, 7) is 0. The summed E-state index contributed by atoms with van der Waals surface area (Å²) in [6.07, 6.45) is 1.52. The lowest BCUT2D eigenvalue weighted by Gasteiger charge is -2.06. The lowest BCUT2D eigenvalue weighted by Crippen LogP contribution is -2.11. The van der Waals surface area contributed by atoms with Gasteiger partial charge in [-0.05, 0) is 48.0 Å². The van der Waals surface area contributed by atoms with E-state index in [1.807, 2.05) is 0 Å². The molecule has 0 bridgehead atoms. The molecule has 0 aliphatic heterocycles. The van der Waals surface area contributed by atoms with E-state index in [-0.39, 0.29) is 16.7 Å². The molecule has 1 amide bonds. The number of halogens is 1. The number of hydrogen-bond acceptors (Lipinski definition) is 4. The third-order valence-electron chi connectivity index (χ3n) is 2.97. The Morgan fingerprint density at radius 1 is 1.22 bits per heavy atom. The number of carboxylic acid groups (broad SMARTS) is 1. The van der Waals surface area contributed by atoms with Crippen molar-refractivity contribution in [1.82, 2.24) is 9.78 Å². The van der Waals surface area contributed by atoms with Crippen molar-refractivity contribution in [2.75, 3.05) is 5.32 Å². The van der Waals surface area contributed by atoms with E-state index in [1.54, 1.807) is 24.3 Å². The van der Waals surface area contributed by atoms with Crippen LogP contribution in [0.5, 0.6) is 0 Å². The maximum absolute atomic E-state index is 12.0. The summed E-state index contributed by atoms with van der Waals surface area (Å²) in [5.74, 6) is -1.46. The first-order valence-electron chi connectivity index (χ1n) is 6.49. The number of furan rings is 1. The van der Waals surface area contributed by atoms with E-state index < -0.39 is 11.9 Å². The van der Waals surface area contributed by atoms with Crippen molar-refractivity contribution >= 4 is 29.2 Å². The second-order valence-corrected chi connectivity index (χ2v) is 4.93. The standard InChI is InChI=1S/C15H10ClN3O4/c16-13-5-4-12(23-13)14(20)17-9-2-1-3-10(8-9)19-7-6-11(18-19)15(21)22/h1-8H,(H,17,20)(H,21,22). The molecule has 2 aromatic heterocycles. The summed E-state index contributed by atoms with van der Waals surface area (Å²) in [5.41, 5.74) is 1.05. The van der Waals surface area contributed by atoms with Crippen LogP contribution in [0.2, 0.25) is 5.22 Å². The molecule has 2 heterocycles. The summed E-state index contributed by atoms with van der Waals surface area (Å²) in [4.78, 5) is 22.9. The Morgan fingerprint density at radius 3 is 2.70 bits per heavy atom. The second kappa shape index (κ2) is 5.98. The van der Waals surface area contributed by atoms with Gasteiger partial charge in [0.25, 0.3) is 5.91 Å². The molecule has 0 saturated carbocycles. The number of rotatable bonds is 4. The SMILES string of the molecule is O=C(O)c1ccn(-c2cccc(NC(=O)c3ccc(Cl)o3)c2)n1. The molecule has 2 N–H and O–H groups in total. The third kappa shape index (κ3) is 3.24. The molecule has 0 aliphatic carbocycles. The van der Waals surface area contributed by atoms with Crippen LogP contribution in [0.1, 0.15) is 21.0 Å². The van der Waals surface area contributed by atoms with Crippen molar-refractivity contribution in [3.05, 3.63) is 65.3 Å². The van der Waals surface area contributed by atoms with Crippen molar-refractivity contribution in [2.24, 2.45) is 0 Å². The number of aromatic nitrogens is 2. The average Bonchev–Trinajstić information content (AvgIpc) is 3.16. The molecular weight excluding hydrogens is 322 g/mol. The lowest BCUT2D eigenvalue weighted by molar-refractivity contribution is 0.0689. The fourth-order valence-corrected chi connectivity index (χ4v) is 2.08. The van der Waals surface area contributed by atoms with Gasteiger partial charge in [0.2, 0.25) is 0 Å². The first-order valence-corrected chi connectivity index (χ1v) is 6.87. The Bertz CT molecular complexity index is 884. The topological polar surface area (TPSA) is 97.4 Å². The number of hydrogen-bond donors (Lipinski definition) is 2. The summed E-state index contributed by atoms with van der Waals surface area (Å²) < 4.78 is 6.44. The van der Waals surface area contributed by atoms with Gasteiger partial charge in [0.1, 0.15) is 0 Å². The normalized spacial score (nSPS) is 10.5. The second-order valence-electron chi connectivity index (χ2n) is 4.56. The minimum atomic E-state index is -1.11. The fourth-order valence-electron chi connectivity index (χ4n) is 1.94. The van der Waals surface area contributed by atoms with Gasteiger partial charge in [-0.15, -0.1) is 0 Å². The number of amides is 1. The number of nitrogens with zero attached hydrogens (tertiary/aromatic N) is 2. The van der Waals surface area contributed by atoms with Gasteiger partial charge in [-0.1, -0.05) is 6.07 Å². The smallest absolute Gasteiger partial charge is 0.356 e. The molecule has 0 radical (unpaired) electrons. The highest BCUT2D eigenvalue weighted by atomic mass is 35.5. The van der Waals surface area contributed by atoms with E-state index in [2.05, 4.69) is 10.4 Å². The van der Waals surface area contributed by atoms with Crippen LogP contribution in [0.4, 0.5) is 5.69 Å². The van der Waals surface area contributed by atoms with E-state index in [0.29, 0.717) is 11.4 Å². The van der Waals surface area contributed by atoms with Crippen LogP contribution in [-0.4, -0.2) is 26.8 Å². The third-order valence-corrected chi connectivity index (χ3v) is 3.18. The molecule has 116 valence electrons.